The zero-order valence-corrected chi connectivity index (χ0v) is 10.2. The third-order valence-electron chi connectivity index (χ3n) is 2.88. The molecular formula is C11H11BrN4. The number of pyridine rings is 1. The lowest BCUT2D eigenvalue weighted by molar-refractivity contribution is 0.792. The van der Waals surface area contributed by atoms with Gasteiger partial charge in [0.2, 0.25) is 0 Å². The first kappa shape index (κ1) is 9.84. The molecule has 2 N–H and O–H groups in total. The lowest BCUT2D eigenvalue weighted by atomic mass is 10.2. The predicted molar refractivity (Wildman–Crippen MR) is 65.5 cm³/mol. The molecule has 0 fully saturated rings. The van der Waals surface area contributed by atoms with E-state index in [1.54, 1.807) is 10.9 Å². The summed E-state index contributed by atoms with van der Waals surface area (Å²) in [6.45, 7) is 0. The molecule has 0 aromatic carbocycles. The van der Waals surface area contributed by atoms with Crippen molar-refractivity contribution < 1.29 is 0 Å². The van der Waals surface area contributed by atoms with E-state index in [1.165, 1.54) is 5.56 Å². The average molecular weight is 279 g/mol. The minimum absolute atomic E-state index is 0.738. The van der Waals surface area contributed by atoms with Crippen molar-refractivity contribution in [2.24, 2.45) is 0 Å². The quantitative estimate of drug-likeness (QED) is 0.869. The number of nitrogen functional groups attached to an aromatic ring is 1. The van der Waals surface area contributed by atoms with Gasteiger partial charge in [0.15, 0.2) is 5.82 Å². The Morgan fingerprint density at radius 3 is 2.88 bits per heavy atom. The molecule has 0 unspecified atom stereocenters. The molecule has 1 aliphatic rings. The summed E-state index contributed by atoms with van der Waals surface area (Å²) in [5.41, 5.74) is 8.40. The van der Waals surface area contributed by atoms with Crippen LogP contribution in [0.1, 0.15) is 17.7 Å². The third-order valence-corrected chi connectivity index (χ3v) is 3.34. The van der Waals surface area contributed by atoms with Gasteiger partial charge in [-0.3, -0.25) is 0 Å². The maximum Gasteiger partial charge on any atom is 0.155 e. The number of rotatable bonds is 1. The molecule has 2 aromatic rings. The van der Waals surface area contributed by atoms with Gasteiger partial charge in [-0.25, -0.2) is 4.98 Å². The van der Waals surface area contributed by atoms with Crippen molar-refractivity contribution >= 4 is 21.7 Å². The van der Waals surface area contributed by atoms with Crippen LogP contribution >= 0.6 is 15.9 Å². The predicted octanol–water partition coefficient (Wildman–Crippen LogP) is 2.10. The van der Waals surface area contributed by atoms with Crippen LogP contribution < -0.4 is 5.73 Å². The number of fused-ring (bicyclic) bond motifs is 1. The molecule has 3 rings (SSSR count). The summed E-state index contributed by atoms with van der Waals surface area (Å²) in [5, 5.41) is 4.50. The Morgan fingerprint density at radius 2 is 2.19 bits per heavy atom. The number of nitrogens with zero attached hydrogens (tertiary/aromatic N) is 3. The summed E-state index contributed by atoms with van der Waals surface area (Å²) < 4.78 is 2.69. The van der Waals surface area contributed by atoms with Gasteiger partial charge in [-0.05, 0) is 47.3 Å². The summed E-state index contributed by atoms with van der Waals surface area (Å²) in [7, 11) is 0. The second-order valence-corrected chi connectivity index (χ2v) is 4.83. The standard InChI is InChI=1S/C11H11BrN4/c12-7-4-5-10(14-6-7)16-11(13)8-2-1-3-9(8)15-16/h4-6H,1-3,13H2. The zero-order chi connectivity index (χ0) is 11.1. The van der Waals surface area contributed by atoms with Crippen LogP contribution in [-0.2, 0) is 12.8 Å². The molecular weight excluding hydrogens is 268 g/mol. The van der Waals surface area contributed by atoms with Gasteiger partial charge in [0.1, 0.15) is 5.82 Å². The van der Waals surface area contributed by atoms with E-state index in [4.69, 9.17) is 5.73 Å². The van der Waals surface area contributed by atoms with Gasteiger partial charge in [0.05, 0.1) is 5.69 Å². The molecule has 1 aliphatic carbocycles. The van der Waals surface area contributed by atoms with Crippen molar-refractivity contribution in [3.05, 3.63) is 34.1 Å². The number of aromatic nitrogens is 3. The van der Waals surface area contributed by atoms with E-state index in [0.717, 1.165) is 41.1 Å². The summed E-state index contributed by atoms with van der Waals surface area (Å²) >= 11 is 3.36. The Morgan fingerprint density at radius 1 is 1.31 bits per heavy atom. The van der Waals surface area contributed by atoms with Gasteiger partial charge in [-0.1, -0.05) is 0 Å². The van der Waals surface area contributed by atoms with Crippen LogP contribution in [0.15, 0.2) is 22.8 Å². The first-order chi connectivity index (χ1) is 7.75. The third kappa shape index (κ3) is 1.43. The van der Waals surface area contributed by atoms with Crippen LogP contribution in [0.25, 0.3) is 5.82 Å². The Kier molecular flexibility index (Phi) is 2.21. The van der Waals surface area contributed by atoms with E-state index < -0.39 is 0 Å². The fourth-order valence-electron chi connectivity index (χ4n) is 2.08. The minimum Gasteiger partial charge on any atom is -0.383 e. The SMILES string of the molecule is Nc1c2c(nn1-c1ccc(Br)cn1)CCC2. The van der Waals surface area contributed by atoms with E-state index in [0.29, 0.717) is 0 Å². The second kappa shape index (κ2) is 3.59. The van der Waals surface area contributed by atoms with Gasteiger partial charge >= 0.3 is 0 Å². The second-order valence-electron chi connectivity index (χ2n) is 3.91. The summed E-state index contributed by atoms with van der Waals surface area (Å²) in [6, 6.07) is 3.84. The number of nitrogens with two attached hydrogens (primary N) is 1. The van der Waals surface area contributed by atoms with Gasteiger partial charge in [0, 0.05) is 16.2 Å². The molecule has 16 heavy (non-hydrogen) atoms. The molecule has 0 atom stereocenters. The van der Waals surface area contributed by atoms with E-state index in [2.05, 4.69) is 26.0 Å². The highest BCUT2D eigenvalue weighted by molar-refractivity contribution is 9.10. The van der Waals surface area contributed by atoms with Crippen molar-refractivity contribution in [3.8, 4) is 5.82 Å². The van der Waals surface area contributed by atoms with Crippen molar-refractivity contribution in [1.29, 1.82) is 0 Å². The van der Waals surface area contributed by atoms with E-state index in [9.17, 15) is 0 Å². The molecule has 0 amide bonds. The zero-order valence-electron chi connectivity index (χ0n) is 8.65. The highest BCUT2D eigenvalue weighted by Gasteiger charge is 2.21. The maximum absolute atomic E-state index is 6.07. The van der Waals surface area contributed by atoms with Crippen LogP contribution in [0.3, 0.4) is 0 Å². The van der Waals surface area contributed by atoms with Crippen molar-refractivity contribution in [2.45, 2.75) is 19.3 Å². The highest BCUT2D eigenvalue weighted by Crippen LogP contribution is 2.28. The normalized spacial score (nSPS) is 14.1. The number of halogens is 1. The van der Waals surface area contributed by atoms with Gasteiger partial charge < -0.3 is 5.73 Å². The maximum atomic E-state index is 6.07. The molecule has 5 heteroatoms. The van der Waals surface area contributed by atoms with E-state index in [1.807, 2.05) is 12.1 Å². The van der Waals surface area contributed by atoms with Gasteiger partial charge in [-0.2, -0.15) is 9.78 Å². The largest absolute Gasteiger partial charge is 0.383 e. The first-order valence-corrected chi connectivity index (χ1v) is 6.03. The fourth-order valence-corrected chi connectivity index (χ4v) is 2.32. The van der Waals surface area contributed by atoms with Crippen molar-refractivity contribution in [1.82, 2.24) is 14.8 Å². The molecule has 0 saturated heterocycles. The van der Waals surface area contributed by atoms with Crippen LogP contribution in [0.5, 0.6) is 0 Å². The molecule has 2 heterocycles. The Balaban J connectivity index is 2.10. The minimum atomic E-state index is 0.738. The highest BCUT2D eigenvalue weighted by atomic mass is 79.9. The number of hydrogen-bond acceptors (Lipinski definition) is 3. The number of aryl methyl sites for hydroxylation is 1. The monoisotopic (exact) mass is 278 g/mol. The summed E-state index contributed by atoms with van der Waals surface area (Å²) in [4.78, 5) is 4.30. The molecule has 0 aliphatic heterocycles. The van der Waals surface area contributed by atoms with Crippen molar-refractivity contribution in [3.63, 3.8) is 0 Å². The summed E-state index contributed by atoms with van der Waals surface area (Å²) in [6.07, 6.45) is 4.98. The number of anilines is 1. The van der Waals surface area contributed by atoms with E-state index in [-0.39, 0.29) is 0 Å². The lowest BCUT2D eigenvalue weighted by Crippen LogP contribution is -2.05. The van der Waals surface area contributed by atoms with Crippen LogP contribution in [0.4, 0.5) is 5.82 Å². The molecule has 2 aromatic heterocycles. The molecule has 82 valence electrons. The summed E-state index contributed by atoms with van der Waals surface area (Å²) in [5.74, 6) is 1.51. The molecule has 0 radical (unpaired) electrons. The van der Waals surface area contributed by atoms with Gasteiger partial charge in [0.25, 0.3) is 0 Å². The average Bonchev–Trinajstić information content (AvgIpc) is 2.84. The lowest BCUT2D eigenvalue weighted by Gasteiger charge is -2.03. The topological polar surface area (TPSA) is 56.7 Å². The fraction of sp³-hybridized carbons (Fsp3) is 0.273. The Hall–Kier alpha value is -1.36. The van der Waals surface area contributed by atoms with Gasteiger partial charge in [-0.15, -0.1) is 0 Å². The molecule has 0 spiro atoms. The molecule has 4 nitrogen and oxygen atoms in total. The first-order valence-electron chi connectivity index (χ1n) is 5.24. The molecule has 0 bridgehead atoms. The van der Waals surface area contributed by atoms with Crippen LogP contribution in [0, 0.1) is 0 Å². The van der Waals surface area contributed by atoms with Crippen LogP contribution in [-0.4, -0.2) is 14.8 Å². The van der Waals surface area contributed by atoms with Crippen molar-refractivity contribution in [2.75, 3.05) is 5.73 Å². The Labute approximate surface area is 102 Å². The molecule has 0 saturated carbocycles. The van der Waals surface area contributed by atoms with Crippen LogP contribution in [0.2, 0.25) is 0 Å². The van der Waals surface area contributed by atoms with E-state index >= 15 is 0 Å². The Bertz CT molecular complexity index is 530. The number of hydrogen-bond donors (Lipinski definition) is 1. The smallest absolute Gasteiger partial charge is 0.155 e.